The third kappa shape index (κ3) is 4.13. The smallest absolute Gasteiger partial charge is 0.346 e. The molecule has 9 heteroatoms. The van der Waals surface area contributed by atoms with E-state index in [9.17, 15) is 9.59 Å². The number of carbonyl (C=O) groups excluding carboxylic acids is 1. The Hall–Kier alpha value is -3.88. The molecule has 9 nitrogen and oxygen atoms in total. The molecule has 4 aromatic rings. The number of likely N-dealkylation sites (tertiary alicyclic amines) is 1. The zero-order chi connectivity index (χ0) is 22.8. The van der Waals surface area contributed by atoms with Gasteiger partial charge in [0, 0.05) is 31.6 Å². The van der Waals surface area contributed by atoms with Gasteiger partial charge in [-0.3, -0.25) is 14.5 Å². The topological polar surface area (TPSA) is 102 Å². The quantitative estimate of drug-likeness (QED) is 0.490. The SMILES string of the molecule is CCn1c(C2CCN(C(=O)c3cc(-c4ccco4)[nH]n3)CC2)nn(Cc2ccccc2)c1=O. The number of H-pyrrole nitrogens is 1. The van der Waals surface area contributed by atoms with E-state index in [4.69, 9.17) is 9.52 Å². The fourth-order valence-electron chi connectivity index (χ4n) is 4.41. The van der Waals surface area contributed by atoms with Gasteiger partial charge in [-0.1, -0.05) is 30.3 Å². The third-order valence-electron chi connectivity index (χ3n) is 6.17. The standard InChI is InChI=1S/C24H26N6O3/c1-2-29-22(27-30(24(29)32)16-17-7-4-3-5-8-17)18-10-12-28(13-11-18)23(31)20-15-19(25-26-20)21-9-6-14-33-21/h3-9,14-15,18H,2,10-13,16H2,1H3,(H,25,26). The van der Waals surface area contributed by atoms with E-state index in [0.29, 0.717) is 43.3 Å². The number of carbonyl (C=O) groups is 1. The molecule has 1 aromatic carbocycles. The molecule has 170 valence electrons. The van der Waals surface area contributed by atoms with E-state index in [1.165, 1.54) is 0 Å². The highest BCUT2D eigenvalue weighted by molar-refractivity contribution is 5.93. The number of hydrogen-bond donors (Lipinski definition) is 1. The summed E-state index contributed by atoms with van der Waals surface area (Å²) in [7, 11) is 0. The second-order valence-corrected chi connectivity index (χ2v) is 8.24. The van der Waals surface area contributed by atoms with Gasteiger partial charge >= 0.3 is 5.69 Å². The lowest BCUT2D eigenvalue weighted by atomic mass is 9.95. The van der Waals surface area contributed by atoms with Crippen molar-refractivity contribution in [1.29, 1.82) is 0 Å². The first-order chi connectivity index (χ1) is 16.1. The first-order valence-electron chi connectivity index (χ1n) is 11.2. The average Bonchev–Trinajstić information content (AvgIpc) is 3.60. The van der Waals surface area contributed by atoms with Gasteiger partial charge < -0.3 is 9.32 Å². The Morgan fingerprint density at radius 2 is 1.94 bits per heavy atom. The fraction of sp³-hybridized carbons (Fsp3) is 0.333. The van der Waals surface area contributed by atoms with Gasteiger partial charge in [0.2, 0.25) is 0 Å². The molecule has 1 N–H and O–H groups in total. The number of aromatic amines is 1. The maximum absolute atomic E-state index is 12.9. The molecule has 0 unspecified atom stereocenters. The molecule has 5 rings (SSSR count). The number of benzene rings is 1. The van der Waals surface area contributed by atoms with Gasteiger partial charge in [-0.2, -0.15) is 10.2 Å². The van der Waals surface area contributed by atoms with Crippen molar-refractivity contribution in [3.05, 3.63) is 82.4 Å². The molecule has 0 aliphatic carbocycles. The number of piperidine rings is 1. The molecule has 0 spiro atoms. The Balaban J connectivity index is 1.27. The van der Waals surface area contributed by atoms with Gasteiger partial charge in [0.05, 0.1) is 12.8 Å². The number of aromatic nitrogens is 5. The normalized spacial score (nSPS) is 14.6. The first-order valence-corrected chi connectivity index (χ1v) is 11.2. The van der Waals surface area contributed by atoms with Crippen LogP contribution in [0.25, 0.3) is 11.5 Å². The highest BCUT2D eigenvalue weighted by atomic mass is 16.3. The zero-order valence-corrected chi connectivity index (χ0v) is 18.5. The minimum Gasteiger partial charge on any atom is -0.463 e. The van der Waals surface area contributed by atoms with E-state index in [1.54, 1.807) is 27.6 Å². The Morgan fingerprint density at radius 3 is 2.64 bits per heavy atom. The van der Waals surface area contributed by atoms with E-state index < -0.39 is 0 Å². The van der Waals surface area contributed by atoms with Crippen molar-refractivity contribution >= 4 is 5.91 Å². The lowest BCUT2D eigenvalue weighted by Crippen LogP contribution is -2.38. The van der Waals surface area contributed by atoms with Crippen molar-refractivity contribution in [2.75, 3.05) is 13.1 Å². The summed E-state index contributed by atoms with van der Waals surface area (Å²) >= 11 is 0. The molecule has 1 fully saturated rings. The lowest BCUT2D eigenvalue weighted by Gasteiger charge is -2.31. The third-order valence-corrected chi connectivity index (χ3v) is 6.17. The van der Waals surface area contributed by atoms with Gasteiger partial charge in [0.25, 0.3) is 5.91 Å². The van der Waals surface area contributed by atoms with E-state index in [0.717, 1.165) is 24.2 Å². The van der Waals surface area contributed by atoms with Crippen LogP contribution in [-0.4, -0.2) is 48.4 Å². The van der Waals surface area contributed by atoms with Gasteiger partial charge in [-0.05, 0) is 37.5 Å². The monoisotopic (exact) mass is 446 g/mol. The van der Waals surface area contributed by atoms with E-state index >= 15 is 0 Å². The van der Waals surface area contributed by atoms with Crippen molar-refractivity contribution in [3.63, 3.8) is 0 Å². The molecule has 1 saturated heterocycles. The van der Waals surface area contributed by atoms with Crippen molar-refractivity contribution < 1.29 is 9.21 Å². The largest absolute Gasteiger partial charge is 0.463 e. The minimum atomic E-state index is -0.106. The van der Waals surface area contributed by atoms with E-state index in [2.05, 4.69) is 10.2 Å². The number of rotatable bonds is 6. The molecular weight excluding hydrogens is 420 g/mol. The molecule has 1 amide bonds. The van der Waals surface area contributed by atoms with Crippen LogP contribution in [0.15, 0.2) is 64.0 Å². The molecule has 1 aliphatic rings. The summed E-state index contributed by atoms with van der Waals surface area (Å²) in [5.74, 6) is 1.48. The van der Waals surface area contributed by atoms with Crippen LogP contribution in [0.3, 0.4) is 0 Å². The minimum absolute atomic E-state index is 0.0863. The van der Waals surface area contributed by atoms with Gasteiger partial charge in [0.15, 0.2) is 11.5 Å². The van der Waals surface area contributed by atoms with E-state index in [1.807, 2.05) is 48.2 Å². The molecule has 0 radical (unpaired) electrons. The molecular formula is C24H26N6O3. The Morgan fingerprint density at radius 1 is 1.15 bits per heavy atom. The van der Waals surface area contributed by atoms with Crippen molar-refractivity contribution in [1.82, 2.24) is 29.4 Å². The average molecular weight is 447 g/mol. The molecule has 0 bridgehead atoms. The summed E-state index contributed by atoms with van der Waals surface area (Å²) in [6.45, 7) is 4.18. The van der Waals surface area contributed by atoms with Gasteiger partial charge in [-0.25, -0.2) is 9.48 Å². The van der Waals surface area contributed by atoms with Crippen LogP contribution in [-0.2, 0) is 13.1 Å². The number of amides is 1. The maximum Gasteiger partial charge on any atom is 0.346 e. The fourth-order valence-corrected chi connectivity index (χ4v) is 4.41. The molecule has 3 aromatic heterocycles. The van der Waals surface area contributed by atoms with Crippen LogP contribution < -0.4 is 5.69 Å². The summed E-state index contributed by atoms with van der Waals surface area (Å²) in [5.41, 5.74) is 2.00. The van der Waals surface area contributed by atoms with Crippen molar-refractivity contribution in [2.45, 2.75) is 38.8 Å². The highest BCUT2D eigenvalue weighted by Gasteiger charge is 2.29. The van der Waals surface area contributed by atoms with Gasteiger partial charge in [0.1, 0.15) is 11.5 Å². The Kier molecular flexibility index (Phi) is 5.68. The Labute approximate surface area is 190 Å². The Bertz CT molecular complexity index is 1280. The molecule has 33 heavy (non-hydrogen) atoms. The predicted molar refractivity (Wildman–Crippen MR) is 122 cm³/mol. The molecule has 1 aliphatic heterocycles. The van der Waals surface area contributed by atoms with Crippen LogP contribution in [0.5, 0.6) is 0 Å². The van der Waals surface area contributed by atoms with Crippen molar-refractivity contribution in [2.24, 2.45) is 0 Å². The summed E-state index contributed by atoms with van der Waals surface area (Å²) in [4.78, 5) is 27.7. The summed E-state index contributed by atoms with van der Waals surface area (Å²) in [6, 6.07) is 15.2. The van der Waals surface area contributed by atoms with Crippen LogP contribution in [0, 0.1) is 0 Å². The number of nitrogens with zero attached hydrogens (tertiary/aromatic N) is 5. The zero-order valence-electron chi connectivity index (χ0n) is 18.5. The maximum atomic E-state index is 12.9. The second-order valence-electron chi connectivity index (χ2n) is 8.24. The van der Waals surface area contributed by atoms with Crippen LogP contribution in [0.2, 0.25) is 0 Å². The summed E-state index contributed by atoms with van der Waals surface area (Å²) in [6.07, 6.45) is 3.09. The van der Waals surface area contributed by atoms with Crippen LogP contribution in [0.1, 0.15) is 47.6 Å². The van der Waals surface area contributed by atoms with Gasteiger partial charge in [-0.15, -0.1) is 0 Å². The number of hydrogen-bond acceptors (Lipinski definition) is 5. The molecule has 4 heterocycles. The molecule has 0 atom stereocenters. The molecule has 0 saturated carbocycles. The van der Waals surface area contributed by atoms with Crippen LogP contribution in [0.4, 0.5) is 0 Å². The number of furan rings is 1. The first kappa shape index (κ1) is 21.0. The predicted octanol–water partition coefficient (Wildman–Crippen LogP) is 3.12. The number of nitrogens with one attached hydrogen (secondary N) is 1. The summed E-state index contributed by atoms with van der Waals surface area (Å²) < 4.78 is 8.66. The second kappa shape index (κ2) is 8.93. The lowest BCUT2D eigenvalue weighted by molar-refractivity contribution is 0.0704. The van der Waals surface area contributed by atoms with Crippen molar-refractivity contribution in [3.8, 4) is 11.5 Å². The van der Waals surface area contributed by atoms with Crippen LogP contribution >= 0.6 is 0 Å². The highest BCUT2D eigenvalue weighted by Crippen LogP contribution is 2.27. The van der Waals surface area contributed by atoms with E-state index in [-0.39, 0.29) is 17.5 Å². The summed E-state index contributed by atoms with van der Waals surface area (Å²) in [5, 5.41) is 11.7.